The number of ether oxygens (including phenoxy) is 2. The lowest BCUT2D eigenvalue weighted by molar-refractivity contribution is -0.156. The zero-order valence-electron chi connectivity index (χ0n) is 20.1. The number of nitriles is 1. The molecule has 0 amide bonds. The van der Waals surface area contributed by atoms with Crippen LogP contribution in [0.5, 0.6) is 11.6 Å². The Morgan fingerprint density at radius 3 is 2.31 bits per heavy atom. The zero-order chi connectivity index (χ0) is 25.5. The van der Waals surface area contributed by atoms with Crippen molar-refractivity contribution < 1.29 is 14.3 Å². The van der Waals surface area contributed by atoms with E-state index in [1.54, 1.807) is 24.3 Å². The molecule has 0 fully saturated rings. The normalized spacial score (nSPS) is 13.7. The number of esters is 1. The fourth-order valence-corrected chi connectivity index (χ4v) is 4.40. The Hall–Kier alpha value is -3.07. The first kappa shape index (κ1) is 26.5. The largest absolute Gasteiger partial charge is 0.440 e. The van der Waals surface area contributed by atoms with Crippen molar-refractivity contribution in [1.29, 1.82) is 5.26 Å². The summed E-state index contributed by atoms with van der Waals surface area (Å²) in [5.74, 6) is -0.326. The molecular formula is C28H28Cl2N2O3. The van der Waals surface area contributed by atoms with Crippen LogP contribution in [-0.4, -0.2) is 11.0 Å². The van der Waals surface area contributed by atoms with Crippen molar-refractivity contribution in [3.05, 3.63) is 76.9 Å². The molecule has 5 nitrogen and oxygen atoms in total. The van der Waals surface area contributed by atoms with Gasteiger partial charge in [-0.05, 0) is 41.3 Å². The minimum absolute atomic E-state index is 0.0628. The lowest BCUT2D eigenvalue weighted by Gasteiger charge is -2.29. The van der Waals surface area contributed by atoms with E-state index in [1.807, 2.05) is 76.2 Å². The molecule has 0 bridgehead atoms. The van der Waals surface area contributed by atoms with Gasteiger partial charge in [-0.2, -0.15) is 5.26 Å². The molecule has 0 aliphatic heterocycles. The number of benzene rings is 2. The topological polar surface area (TPSA) is 72.2 Å². The second kappa shape index (κ2) is 12.1. The minimum Gasteiger partial charge on any atom is -0.440 e. The van der Waals surface area contributed by atoms with Crippen LogP contribution in [0.25, 0.3) is 10.8 Å². The third kappa shape index (κ3) is 6.75. The number of halogens is 2. The van der Waals surface area contributed by atoms with Crippen LogP contribution in [0.1, 0.15) is 39.5 Å². The molecule has 3 unspecified atom stereocenters. The summed E-state index contributed by atoms with van der Waals surface area (Å²) >= 11 is 11.8. The molecule has 3 aromatic rings. The molecule has 1 aromatic heterocycles. The summed E-state index contributed by atoms with van der Waals surface area (Å²) in [7, 11) is 0. The van der Waals surface area contributed by atoms with Gasteiger partial charge in [0.1, 0.15) is 16.3 Å². The average Bonchev–Trinajstić information content (AvgIpc) is 2.82. The number of hydrogen-bond acceptors (Lipinski definition) is 5. The molecule has 0 aliphatic carbocycles. The third-order valence-corrected chi connectivity index (χ3v) is 6.07. The SMILES string of the molecule is CC(C)C(C=C(Cl)Cl)C(C(=O)OC(C#N)c1cccc(Oc2cccc3ccccc23)n1)C(C)C. The molecule has 0 radical (unpaired) electrons. The maximum absolute atomic E-state index is 13.2. The number of carbonyl (C=O) groups is 1. The molecule has 2 aromatic carbocycles. The fourth-order valence-electron chi connectivity index (χ4n) is 4.11. The van der Waals surface area contributed by atoms with Gasteiger partial charge in [-0.1, -0.05) is 93.4 Å². The van der Waals surface area contributed by atoms with E-state index < -0.39 is 18.0 Å². The summed E-state index contributed by atoms with van der Waals surface area (Å²) in [4.78, 5) is 17.7. The Balaban J connectivity index is 1.85. The molecule has 0 N–H and O–H groups in total. The molecule has 35 heavy (non-hydrogen) atoms. The highest BCUT2D eigenvalue weighted by atomic mass is 35.5. The van der Waals surface area contributed by atoms with Gasteiger partial charge < -0.3 is 9.47 Å². The first-order valence-electron chi connectivity index (χ1n) is 11.5. The number of carbonyl (C=O) groups excluding carboxylic acids is 1. The van der Waals surface area contributed by atoms with Crippen LogP contribution in [0.4, 0.5) is 0 Å². The number of fused-ring (bicyclic) bond motifs is 1. The lowest BCUT2D eigenvalue weighted by Crippen LogP contribution is -2.33. The van der Waals surface area contributed by atoms with E-state index in [2.05, 4.69) is 4.98 Å². The quantitative estimate of drug-likeness (QED) is 0.272. The van der Waals surface area contributed by atoms with Gasteiger partial charge in [-0.25, -0.2) is 4.98 Å². The van der Waals surface area contributed by atoms with Crippen molar-refractivity contribution in [3.8, 4) is 17.7 Å². The van der Waals surface area contributed by atoms with Crippen LogP contribution in [0.15, 0.2) is 71.2 Å². The Morgan fingerprint density at radius 2 is 1.66 bits per heavy atom. The number of pyridine rings is 1. The molecule has 0 aliphatic rings. The lowest BCUT2D eigenvalue weighted by atomic mass is 9.77. The highest BCUT2D eigenvalue weighted by Gasteiger charge is 2.35. The van der Waals surface area contributed by atoms with Crippen LogP contribution < -0.4 is 4.74 Å². The summed E-state index contributed by atoms with van der Waals surface area (Å²) in [6.07, 6.45) is 0.473. The van der Waals surface area contributed by atoms with Gasteiger partial charge in [0.25, 0.3) is 0 Å². The van der Waals surface area contributed by atoms with Crippen LogP contribution >= 0.6 is 23.2 Å². The molecule has 3 atom stereocenters. The minimum atomic E-state index is -1.19. The smallest absolute Gasteiger partial charge is 0.311 e. The van der Waals surface area contributed by atoms with Crippen molar-refractivity contribution >= 4 is 39.9 Å². The van der Waals surface area contributed by atoms with Gasteiger partial charge in [-0.3, -0.25) is 4.79 Å². The predicted molar refractivity (Wildman–Crippen MR) is 139 cm³/mol. The third-order valence-electron chi connectivity index (χ3n) is 5.82. The number of aromatic nitrogens is 1. The van der Waals surface area contributed by atoms with E-state index in [1.165, 1.54) is 0 Å². The Morgan fingerprint density at radius 1 is 0.971 bits per heavy atom. The van der Waals surface area contributed by atoms with E-state index >= 15 is 0 Å². The monoisotopic (exact) mass is 510 g/mol. The molecule has 7 heteroatoms. The molecule has 0 saturated carbocycles. The van der Waals surface area contributed by atoms with Crippen molar-refractivity contribution in [1.82, 2.24) is 4.98 Å². The van der Waals surface area contributed by atoms with Gasteiger partial charge in [0.15, 0.2) is 0 Å². The maximum atomic E-state index is 13.2. The van der Waals surface area contributed by atoms with E-state index in [4.69, 9.17) is 32.7 Å². The molecule has 0 saturated heterocycles. The van der Waals surface area contributed by atoms with Crippen LogP contribution in [-0.2, 0) is 9.53 Å². The highest BCUT2D eigenvalue weighted by molar-refractivity contribution is 6.55. The van der Waals surface area contributed by atoms with E-state index in [-0.39, 0.29) is 27.9 Å². The second-order valence-corrected chi connectivity index (χ2v) is 9.98. The number of hydrogen-bond donors (Lipinski definition) is 0. The predicted octanol–water partition coefficient (Wildman–Crippen LogP) is 8.00. The first-order valence-corrected chi connectivity index (χ1v) is 12.2. The van der Waals surface area contributed by atoms with Crippen LogP contribution in [0.2, 0.25) is 0 Å². The van der Waals surface area contributed by atoms with Crippen LogP contribution in [0, 0.1) is 35.0 Å². The van der Waals surface area contributed by atoms with E-state index in [0.717, 1.165) is 10.8 Å². The van der Waals surface area contributed by atoms with Crippen LogP contribution in [0.3, 0.4) is 0 Å². The molecule has 182 valence electrons. The number of allylic oxidation sites excluding steroid dienone is 1. The summed E-state index contributed by atoms with van der Waals surface area (Å²) < 4.78 is 11.8. The standard InChI is InChI=1S/C28H28Cl2N2O3/c1-17(2)21(15-25(29)30)27(18(3)4)28(33)35-24(16-31)22-12-8-14-26(32-22)34-23-13-7-10-19-9-5-6-11-20(19)23/h5-15,17-18,21,24,27H,1-4H3. The van der Waals surface area contributed by atoms with Crippen molar-refractivity contribution in [2.75, 3.05) is 0 Å². The summed E-state index contributed by atoms with van der Waals surface area (Å²) in [5, 5.41) is 11.8. The summed E-state index contributed by atoms with van der Waals surface area (Å²) in [6, 6.07) is 20.7. The second-order valence-electron chi connectivity index (χ2n) is 8.97. The van der Waals surface area contributed by atoms with Crippen molar-refractivity contribution in [3.63, 3.8) is 0 Å². The maximum Gasteiger partial charge on any atom is 0.311 e. The Kier molecular flexibility index (Phi) is 9.14. The number of rotatable bonds is 9. The van der Waals surface area contributed by atoms with Crippen molar-refractivity contribution in [2.24, 2.45) is 23.7 Å². The van der Waals surface area contributed by atoms with E-state index in [0.29, 0.717) is 11.6 Å². The molecule has 1 heterocycles. The molecule has 3 rings (SSSR count). The zero-order valence-corrected chi connectivity index (χ0v) is 21.6. The summed E-state index contributed by atoms with van der Waals surface area (Å²) in [6.45, 7) is 7.82. The van der Waals surface area contributed by atoms with Gasteiger partial charge in [0.05, 0.1) is 11.6 Å². The highest BCUT2D eigenvalue weighted by Crippen LogP contribution is 2.34. The number of nitrogens with zero attached hydrogens (tertiary/aromatic N) is 2. The van der Waals surface area contributed by atoms with Gasteiger partial charge in [0, 0.05) is 11.5 Å². The molecular weight excluding hydrogens is 483 g/mol. The Bertz CT molecular complexity index is 1240. The van der Waals surface area contributed by atoms with Crippen molar-refractivity contribution in [2.45, 2.75) is 33.8 Å². The van der Waals surface area contributed by atoms with Gasteiger partial charge in [0.2, 0.25) is 12.0 Å². The van der Waals surface area contributed by atoms with Gasteiger partial charge in [-0.15, -0.1) is 0 Å². The molecule has 0 spiro atoms. The van der Waals surface area contributed by atoms with Gasteiger partial charge >= 0.3 is 5.97 Å². The summed E-state index contributed by atoms with van der Waals surface area (Å²) in [5.41, 5.74) is 0.285. The average molecular weight is 511 g/mol. The fraction of sp³-hybridized carbons (Fsp3) is 0.321. The Labute approximate surface area is 216 Å². The van der Waals surface area contributed by atoms with E-state index in [9.17, 15) is 10.1 Å². The first-order chi connectivity index (χ1) is 16.7.